The van der Waals surface area contributed by atoms with E-state index in [2.05, 4.69) is 4.99 Å². The lowest BCUT2D eigenvalue weighted by molar-refractivity contribution is -0.118. The Morgan fingerprint density at radius 1 is 1.25 bits per heavy atom. The first-order chi connectivity index (χ1) is 13.2. The number of nitrogens with zero attached hydrogens (tertiary/aromatic N) is 2. The summed E-state index contributed by atoms with van der Waals surface area (Å²) in [5.74, 6) is -1.72. The zero-order valence-electron chi connectivity index (χ0n) is 15.8. The van der Waals surface area contributed by atoms with Crippen molar-refractivity contribution in [3.63, 3.8) is 0 Å². The molecule has 0 fully saturated rings. The minimum atomic E-state index is -3.60. The molecule has 0 bridgehead atoms. The fourth-order valence-electron chi connectivity index (χ4n) is 2.35. The third-order valence-corrected chi connectivity index (χ3v) is 7.00. The van der Waals surface area contributed by atoms with E-state index in [1.54, 1.807) is 25.5 Å². The van der Waals surface area contributed by atoms with Gasteiger partial charge in [0.1, 0.15) is 10.7 Å². The number of sulfone groups is 1. The molecule has 1 amide bonds. The molecule has 0 unspecified atom stereocenters. The van der Waals surface area contributed by atoms with Crippen molar-refractivity contribution in [1.82, 2.24) is 4.57 Å². The summed E-state index contributed by atoms with van der Waals surface area (Å²) in [6.45, 7) is 3.67. The van der Waals surface area contributed by atoms with Crippen LogP contribution in [-0.2, 0) is 26.4 Å². The van der Waals surface area contributed by atoms with Crippen LogP contribution in [0.3, 0.4) is 0 Å². The van der Waals surface area contributed by atoms with Crippen LogP contribution in [0.15, 0.2) is 34.2 Å². The van der Waals surface area contributed by atoms with E-state index >= 15 is 0 Å². The largest absolute Gasteiger partial charge is 0.462 e. The average Bonchev–Trinajstić information content (AvgIpc) is 2.90. The van der Waals surface area contributed by atoms with Gasteiger partial charge in [-0.1, -0.05) is 11.3 Å². The number of hydrogen-bond acceptors (Lipinski definition) is 6. The molecular weight excluding hydrogens is 407 g/mol. The Balaban J connectivity index is 2.05. The van der Waals surface area contributed by atoms with Crippen molar-refractivity contribution in [3.05, 3.63) is 45.5 Å². The van der Waals surface area contributed by atoms with E-state index < -0.39 is 27.5 Å². The van der Waals surface area contributed by atoms with Crippen LogP contribution < -0.4 is 4.80 Å². The highest BCUT2D eigenvalue weighted by atomic mass is 32.2. The van der Waals surface area contributed by atoms with Gasteiger partial charge < -0.3 is 9.30 Å². The Labute approximate surface area is 166 Å². The molecule has 0 saturated carbocycles. The lowest BCUT2D eigenvalue weighted by Gasteiger charge is -2.03. The summed E-state index contributed by atoms with van der Waals surface area (Å²) in [6.07, 6.45) is 0.0208. The second-order valence-corrected chi connectivity index (χ2v) is 9.05. The molecule has 1 aromatic carbocycles. The zero-order chi connectivity index (χ0) is 20.9. The molecule has 0 spiro atoms. The SMILES string of the molecule is CCOC(=O)c1sc(=NC(=O)CCCS(=O)(=O)c2ccc(F)cc2)n(C)c1C. The van der Waals surface area contributed by atoms with Crippen LogP contribution in [0.1, 0.15) is 35.1 Å². The molecule has 0 N–H and O–H groups in total. The number of halogens is 1. The molecule has 0 aliphatic carbocycles. The summed E-state index contributed by atoms with van der Waals surface area (Å²) in [5, 5.41) is 0. The molecule has 7 nitrogen and oxygen atoms in total. The van der Waals surface area contributed by atoms with Gasteiger partial charge in [0.05, 0.1) is 17.3 Å². The molecule has 1 aromatic heterocycles. The Hall–Kier alpha value is -2.33. The van der Waals surface area contributed by atoms with Gasteiger partial charge in [-0.3, -0.25) is 4.79 Å². The third-order valence-electron chi connectivity index (χ3n) is 3.97. The summed E-state index contributed by atoms with van der Waals surface area (Å²) in [7, 11) is -1.92. The van der Waals surface area contributed by atoms with Gasteiger partial charge in [0.2, 0.25) is 5.91 Å². The number of amides is 1. The fourth-order valence-corrected chi connectivity index (χ4v) is 4.69. The third kappa shape index (κ3) is 5.35. The van der Waals surface area contributed by atoms with Crippen LogP contribution in [0.25, 0.3) is 0 Å². The van der Waals surface area contributed by atoms with E-state index in [-0.39, 0.29) is 30.1 Å². The maximum Gasteiger partial charge on any atom is 0.350 e. The predicted molar refractivity (Wildman–Crippen MR) is 102 cm³/mol. The molecule has 2 rings (SSSR count). The fraction of sp³-hybridized carbons (Fsp3) is 0.389. The van der Waals surface area contributed by atoms with Gasteiger partial charge in [-0.05, 0) is 44.5 Å². The first-order valence-electron chi connectivity index (χ1n) is 8.55. The van der Waals surface area contributed by atoms with Crippen molar-refractivity contribution in [3.8, 4) is 0 Å². The highest BCUT2D eigenvalue weighted by Crippen LogP contribution is 2.14. The topological polar surface area (TPSA) is 94.8 Å². The average molecular weight is 429 g/mol. The summed E-state index contributed by atoms with van der Waals surface area (Å²) < 4.78 is 43.9. The van der Waals surface area contributed by atoms with Gasteiger partial charge in [-0.2, -0.15) is 4.99 Å². The number of aromatic nitrogens is 1. The van der Waals surface area contributed by atoms with E-state index in [0.717, 1.165) is 23.5 Å². The van der Waals surface area contributed by atoms with Crippen LogP contribution in [0.5, 0.6) is 0 Å². The van der Waals surface area contributed by atoms with E-state index in [0.29, 0.717) is 15.4 Å². The number of carbonyl (C=O) groups is 2. The van der Waals surface area contributed by atoms with Crippen LogP contribution in [-0.4, -0.2) is 37.2 Å². The van der Waals surface area contributed by atoms with Gasteiger partial charge >= 0.3 is 5.97 Å². The summed E-state index contributed by atoms with van der Waals surface area (Å²) in [6, 6.07) is 4.55. The predicted octanol–water partition coefficient (Wildman–Crippen LogP) is 2.39. The standard InChI is InChI=1S/C18H21FN2O5S2/c1-4-26-17(23)16-12(2)21(3)18(27-16)20-15(22)6-5-11-28(24,25)14-9-7-13(19)8-10-14/h7-10H,4-6,11H2,1-3H3. The number of ether oxygens (including phenoxy) is 1. The quantitative estimate of drug-likeness (QED) is 0.499. The van der Waals surface area contributed by atoms with E-state index in [1.165, 1.54) is 12.1 Å². The van der Waals surface area contributed by atoms with Gasteiger partial charge in [-0.25, -0.2) is 17.6 Å². The Morgan fingerprint density at radius 3 is 2.50 bits per heavy atom. The van der Waals surface area contributed by atoms with Crippen molar-refractivity contribution < 1.29 is 27.1 Å². The Morgan fingerprint density at radius 2 is 1.89 bits per heavy atom. The summed E-state index contributed by atoms with van der Waals surface area (Å²) in [4.78, 5) is 28.7. The van der Waals surface area contributed by atoms with Crippen molar-refractivity contribution in [2.24, 2.45) is 12.0 Å². The van der Waals surface area contributed by atoms with Gasteiger partial charge in [0, 0.05) is 19.2 Å². The smallest absolute Gasteiger partial charge is 0.350 e. The van der Waals surface area contributed by atoms with Crippen LogP contribution in [0.4, 0.5) is 4.39 Å². The first kappa shape index (κ1) is 22.0. The van der Waals surface area contributed by atoms with Crippen LogP contribution in [0.2, 0.25) is 0 Å². The number of rotatable bonds is 7. The normalized spacial score (nSPS) is 12.2. The number of hydrogen-bond donors (Lipinski definition) is 0. The number of carbonyl (C=O) groups excluding carboxylic acids is 2. The monoisotopic (exact) mass is 428 g/mol. The first-order valence-corrected chi connectivity index (χ1v) is 11.0. The molecular formula is C18H21FN2O5S2. The lowest BCUT2D eigenvalue weighted by atomic mass is 10.3. The minimum absolute atomic E-state index is 0.0117. The van der Waals surface area contributed by atoms with Crippen molar-refractivity contribution in [2.75, 3.05) is 12.4 Å². The molecule has 0 radical (unpaired) electrons. The van der Waals surface area contributed by atoms with Gasteiger partial charge in [0.15, 0.2) is 14.6 Å². The minimum Gasteiger partial charge on any atom is -0.462 e. The highest BCUT2D eigenvalue weighted by molar-refractivity contribution is 7.91. The van der Waals surface area contributed by atoms with Crippen LogP contribution in [0, 0.1) is 12.7 Å². The molecule has 0 aliphatic rings. The van der Waals surface area contributed by atoms with Crippen molar-refractivity contribution >= 4 is 33.1 Å². The summed E-state index contributed by atoms with van der Waals surface area (Å²) in [5.41, 5.74) is 0.633. The zero-order valence-corrected chi connectivity index (χ0v) is 17.4. The lowest BCUT2D eigenvalue weighted by Crippen LogP contribution is -2.15. The maximum atomic E-state index is 12.9. The van der Waals surface area contributed by atoms with Crippen molar-refractivity contribution in [1.29, 1.82) is 0 Å². The van der Waals surface area contributed by atoms with E-state index in [1.807, 2.05) is 0 Å². The second kappa shape index (κ2) is 9.24. The van der Waals surface area contributed by atoms with Gasteiger partial charge in [0.25, 0.3) is 0 Å². The Kier molecular flexibility index (Phi) is 7.25. The van der Waals surface area contributed by atoms with Crippen molar-refractivity contribution in [2.45, 2.75) is 31.6 Å². The molecule has 1 heterocycles. The van der Waals surface area contributed by atoms with Gasteiger partial charge in [-0.15, -0.1) is 0 Å². The molecule has 2 aromatic rings. The number of benzene rings is 1. The molecule has 28 heavy (non-hydrogen) atoms. The number of thiazole rings is 1. The number of esters is 1. The van der Waals surface area contributed by atoms with Crippen LogP contribution >= 0.6 is 11.3 Å². The van der Waals surface area contributed by atoms with E-state index in [9.17, 15) is 22.4 Å². The second-order valence-electron chi connectivity index (χ2n) is 5.96. The highest BCUT2D eigenvalue weighted by Gasteiger charge is 2.17. The summed E-state index contributed by atoms with van der Waals surface area (Å²) >= 11 is 1.05. The molecule has 0 atom stereocenters. The van der Waals surface area contributed by atoms with E-state index in [4.69, 9.17) is 4.74 Å². The molecule has 0 saturated heterocycles. The Bertz CT molecular complexity index is 1040. The molecule has 152 valence electrons. The maximum absolute atomic E-state index is 12.9. The molecule has 10 heteroatoms. The molecule has 0 aliphatic heterocycles.